The molecule has 1 aromatic carbocycles. The van der Waals surface area contributed by atoms with Crippen LogP contribution < -0.4 is 35.7 Å². The van der Waals surface area contributed by atoms with Gasteiger partial charge >= 0.3 is 0 Å². The molecular formula is C39H46N8O8S3. The summed E-state index contributed by atoms with van der Waals surface area (Å²) in [4.78, 5) is 65.3. The number of hydrazine groups is 1. The van der Waals surface area contributed by atoms with Crippen molar-refractivity contribution in [3.63, 3.8) is 0 Å². The molecule has 5 N–H and O–H groups in total. The van der Waals surface area contributed by atoms with Crippen LogP contribution in [0.4, 0.5) is 5.13 Å². The van der Waals surface area contributed by atoms with E-state index in [1.54, 1.807) is 36.8 Å². The quantitative estimate of drug-likeness (QED) is 0.113. The van der Waals surface area contributed by atoms with E-state index in [2.05, 4.69) is 26.2 Å². The molecule has 0 spiro atoms. The Labute approximate surface area is 344 Å². The Morgan fingerprint density at radius 2 is 1.90 bits per heavy atom. The Morgan fingerprint density at radius 3 is 2.64 bits per heavy atom. The molecule has 5 atom stereocenters. The molecule has 1 aliphatic carbocycles. The second-order valence-corrected chi connectivity index (χ2v) is 18.7. The monoisotopic (exact) mass is 850 g/mol. The number of aromatic nitrogens is 2. The SMILES string of the molecule is COc1ccc2c(O[C@@H]3C[C@H]4C(=O)N[C@]5(C(=O)NNC(C)=O)C[C@H]5/C=C\CCCC[C@H](NS(=O)(=O)c5cccs5)C(=O)N4C3)cc(-c3csc(NC(C)C)n3)nc2c1. The van der Waals surface area contributed by atoms with Crippen LogP contribution >= 0.6 is 22.7 Å². The molecule has 16 nitrogen and oxygen atoms in total. The molecule has 308 valence electrons. The maximum absolute atomic E-state index is 14.7. The lowest BCUT2D eigenvalue weighted by molar-refractivity contribution is -0.141. The molecule has 4 amide bonds. The minimum absolute atomic E-state index is 0.0281. The molecule has 19 heteroatoms. The van der Waals surface area contributed by atoms with Gasteiger partial charge < -0.3 is 25.0 Å². The van der Waals surface area contributed by atoms with E-state index in [-0.39, 0.29) is 42.0 Å². The number of nitrogens with one attached hydrogen (secondary N) is 5. The lowest BCUT2D eigenvalue weighted by atomic mass is 10.0. The summed E-state index contributed by atoms with van der Waals surface area (Å²) in [5.74, 6) is -1.60. The molecule has 0 radical (unpaired) electrons. The lowest BCUT2D eigenvalue weighted by Gasteiger charge is -2.30. The van der Waals surface area contributed by atoms with Crippen molar-refractivity contribution in [1.29, 1.82) is 0 Å². The fraction of sp³-hybridized carbons (Fsp3) is 0.436. The molecule has 3 aromatic heterocycles. The maximum atomic E-state index is 14.7. The number of amides is 4. The summed E-state index contributed by atoms with van der Waals surface area (Å²) >= 11 is 2.48. The number of carbonyl (C=O) groups excluding carboxylic acids is 4. The van der Waals surface area contributed by atoms with Crippen LogP contribution in [0, 0.1) is 5.92 Å². The van der Waals surface area contributed by atoms with Crippen LogP contribution in [0.2, 0.25) is 0 Å². The van der Waals surface area contributed by atoms with Gasteiger partial charge in [-0.1, -0.05) is 24.6 Å². The Bertz CT molecular complexity index is 2330. The Morgan fingerprint density at radius 1 is 1.07 bits per heavy atom. The maximum Gasteiger partial charge on any atom is 0.264 e. The van der Waals surface area contributed by atoms with E-state index in [4.69, 9.17) is 19.4 Å². The van der Waals surface area contributed by atoms with Crippen LogP contribution in [-0.4, -0.2) is 90.3 Å². The number of ether oxygens (including phenoxy) is 2. The first-order valence-corrected chi connectivity index (χ1v) is 22.3. The molecule has 7 rings (SSSR count). The number of allylic oxidation sites excluding steroid dienone is 1. The van der Waals surface area contributed by atoms with Crippen molar-refractivity contribution < 1.29 is 37.1 Å². The number of methoxy groups -OCH3 is 1. The number of sulfonamides is 1. The number of fused-ring (bicyclic) bond motifs is 3. The molecule has 0 bridgehead atoms. The topological polar surface area (TPSA) is 210 Å². The van der Waals surface area contributed by atoms with E-state index in [1.807, 2.05) is 37.4 Å². The highest BCUT2D eigenvalue weighted by Crippen LogP contribution is 2.45. The summed E-state index contributed by atoms with van der Waals surface area (Å²) in [5.41, 5.74) is 5.08. The smallest absolute Gasteiger partial charge is 0.264 e. The van der Waals surface area contributed by atoms with Crippen LogP contribution in [0.25, 0.3) is 22.3 Å². The lowest BCUT2D eigenvalue weighted by Crippen LogP contribution is -2.59. The van der Waals surface area contributed by atoms with Gasteiger partial charge in [0.15, 0.2) is 5.13 Å². The van der Waals surface area contributed by atoms with Gasteiger partial charge in [-0.15, -0.1) is 22.7 Å². The zero-order valence-corrected chi connectivity index (χ0v) is 34.9. The first kappa shape index (κ1) is 41.1. The minimum Gasteiger partial charge on any atom is -0.497 e. The molecule has 1 saturated heterocycles. The van der Waals surface area contributed by atoms with Crippen molar-refractivity contribution in [2.24, 2.45) is 5.92 Å². The van der Waals surface area contributed by atoms with Gasteiger partial charge in [0.1, 0.15) is 45.1 Å². The highest BCUT2D eigenvalue weighted by molar-refractivity contribution is 7.91. The van der Waals surface area contributed by atoms with Gasteiger partial charge in [-0.3, -0.25) is 30.0 Å². The van der Waals surface area contributed by atoms with E-state index in [9.17, 15) is 27.6 Å². The molecule has 1 saturated carbocycles. The number of anilines is 1. The van der Waals surface area contributed by atoms with Gasteiger partial charge in [-0.25, -0.2) is 18.4 Å². The van der Waals surface area contributed by atoms with Crippen LogP contribution in [0.1, 0.15) is 59.3 Å². The highest BCUT2D eigenvalue weighted by Gasteiger charge is 2.61. The van der Waals surface area contributed by atoms with Crippen molar-refractivity contribution in [2.45, 2.75) is 93.3 Å². The Hall–Kier alpha value is -5.11. The number of benzene rings is 1. The number of carbonyl (C=O) groups is 4. The van der Waals surface area contributed by atoms with Crippen molar-refractivity contribution in [1.82, 2.24) is 35.8 Å². The minimum atomic E-state index is -4.07. The normalized spacial score (nSPS) is 24.3. The van der Waals surface area contributed by atoms with Gasteiger partial charge in [-0.2, -0.15) is 4.72 Å². The molecular weight excluding hydrogens is 805 g/mol. The molecule has 5 heterocycles. The summed E-state index contributed by atoms with van der Waals surface area (Å²) in [6.07, 6.45) is 5.34. The average molecular weight is 851 g/mol. The van der Waals surface area contributed by atoms with Gasteiger partial charge in [0.05, 0.1) is 24.9 Å². The number of thiophene rings is 1. The predicted molar refractivity (Wildman–Crippen MR) is 220 cm³/mol. The van der Waals surface area contributed by atoms with Gasteiger partial charge in [0.2, 0.25) is 17.7 Å². The fourth-order valence-corrected chi connectivity index (χ4v) is 10.4. The number of hydrogen-bond acceptors (Lipinski definition) is 13. The second kappa shape index (κ2) is 17.0. The van der Waals surface area contributed by atoms with Crippen LogP contribution in [-0.2, 0) is 29.2 Å². The number of rotatable bonds is 10. The summed E-state index contributed by atoms with van der Waals surface area (Å²) < 4.78 is 41.9. The van der Waals surface area contributed by atoms with Crippen LogP contribution in [0.5, 0.6) is 11.5 Å². The zero-order valence-electron chi connectivity index (χ0n) is 32.4. The number of pyridine rings is 1. The average Bonchev–Trinajstić information content (AvgIpc) is 3.67. The van der Waals surface area contributed by atoms with Crippen molar-refractivity contribution in [3.05, 3.63) is 59.3 Å². The van der Waals surface area contributed by atoms with E-state index in [1.165, 1.54) is 29.2 Å². The van der Waals surface area contributed by atoms with Gasteiger partial charge in [-0.05, 0) is 63.1 Å². The van der Waals surface area contributed by atoms with E-state index < -0.39 is 57.4 Å². The van der Waals surface area contributed by atoms with Gasteiger partial charge in [0.25, 0.3) is 15.9 Å². The molecule has 3 aliphatic rings. The third-order valence-corrected chi connectivity index (χ3v) is 13.9. The summed E-state index contributed by atoms with van der Waals surface area (Å²) in [7, 11) is -2.51. The zero-order chi connectivity index (χ0) is 41.2. The van der Waals surface area contributed by atoms with Gasteiger partial charge in [0, 0.05) is 48.2 Å². The molecule has 2 aliphatic heterocycles. The largest absolute Gasteiger partial charge is 0.497 e. The van der Waals surface area contributed by atoms with Crippen LogP contribution in [0.3, 0.4) is 0 Å². The van der Waals surface area contributed by atoms with E-state index in [0.717, 1.165) is 16.5 Å². The summed E-state index contributed by atoms with van der Waals surface area (Å²) in [6.45, 7) is 5.24. The molecule has 0 unspecified atom stereocenters. The standard InChI is InChI=1S/C39H46N8O8S3/c1-22(2)40-38-42-31(21-57-38)30-18-33(27-14-13-25(54-4)16-29(27)41-30)55-26-17-32-35(49)43-39(37(51)45-44-23(3)48)19-24(39)10-7-5-6-8-11-28(36(50)47(32)20-26)46-58(52,53)34-12-9-15-56-34/h7,9-10,12-16,18,21-22,24,26,28,32,46H,5-6,8,11,17,19-20H2,1-4H3,(H,40,42)(H,43,49)(H,44,48)(H,45,51)/b10-7-/t24-,26-,28+,32+,39-/m1/s1. The van der Waals surface area contributed by atoms with Crippen molar-refractivity contribution in [2.75, 3.05) is 19.0 Å². The predicted octanol–water partition coefficient (Wildman–Crippen LogP) is 4.12. The first-order chi connectivity index (χ1) is 27.8. The van der Waals surface area contributed by atoms with Crippen LogP contribution in [0.15, 0.2) is 63.5 Å². The molecule has 4 aromatic rings. The fourth-order valence-electron chi connectivity index (χ4n) is 7.30. The third kappa shape index (κ3) is 8.96. The molecule has 58 heavy (non-hydrogen) atoms. The number of nitrogens with zero attached hydrogens (tertiary/aromatic N) is 3. The van der Waals surface area contributed by atoms with Crippen molar-refractivity contribution >= 4 is 72.4 Å². The number of thiazole rings is 1. The summed E-state index contributed by atoms with van der Waals surface area (Å²) in [5, 5.41) is 11.2. The first-order valence-electron chi connectivity index (χ1n) is 19.1. The highest BCUT2D eigenvalue weighted by atomic mass is 32.2. The third-order valence-electron chi connectivity index (χ3n) is 10.3. The Balaban J connectivity index is 1.24. The second-order valence-electron chi connectivity index (χ2n) is 14.9. The number of hydrogen-bond donors (Lipinski definition) is 5. The van der Waals surface area contributed by atoms with E-state index >= 15 is 0 Å². The molecule has 2 fully saturated rings. The van der Waals surface area contributed by atoms with E-state index in [0.29, 0.717) is 53.1 Å². The summed E-state index contributed by atoms with van der Waals surface area (Å²) in [6, 6.07) is 8.11. The Kier molecular flexibility index (Phi) is 12.0. The van der Waals surface area contributed by atoms with Crippen molar-refractivity contribution in [3.8, 4) is 22.9 Å².